The summed E-state index contributed by atoms with van der Waals surface area (Å²) >= 11 is 1.30. The Bertz CT molecular complexity index is 349. The third-order valence-corrected chi connectivity index (χ3v) is 2.23. The van der Waals surface area contributed by atoms with Crippen molar-refractivity contribution in [3.63, 3.8) is 0 Å². The van der Waals surface area contributed by atoms with Crippen LogP contribution in [-0.2, 0) is 4.79 Å². The molecule has 3 nitrogen and oxygen atoms in total. The molecule has 1 aliphatic heterocycles. The van der Waals surface area contributed by atoms with Crippen LogP contribution in [-0.4, -0.2) is 12.1 Å². The molecular weight excluding hydrogens is 172 g/mol. The molecule has 60 valence electrons. The number of carbonyl (C=O) groups is 1. The van der Waals surface area contributed by atoms with Gasteiger partial charge in [0.05, 0.1) is 10.6 Å². The Morgan fingerprint density at radius 3 is 3.08 bits per heavy atom. The summed E-state index contributed by atoms with van der Waals surface area (Å²) in [6.45, 7) is 0. The maximum absolute atomic E-state index is 11.0. The van der Waals surface area contributed by atoms with Gasteiger partial charge in [0.2, 0.25) is 0 Å². The largest absolute Gasteiger partial charge is 0.320 e. The molecule has 2 rings (SSSR count). The summed E-state index contributed by atoms with van der Waals surface area (Å²) in [5, 5.41) is 2.71. The number of carbonyl (C=O) groups excluding carboxylic acids is 1. The van der Waals surface area contributed by atoms with E-state index in [1.807, 2.05) is 24.3 Å². The van der Waals surface area contributed by atoms with E-state index in [2.05, 4.69) is 9.71 Å². The van der Waals surface area contributed by atoms with Crippen LogP contribution in [0.1, 0.15) is 0 Å². The zero-order valence-electron chi connectivity index (χ0n) is 6.15. The van der Waals surface area contributed by atoms with Gasteiger partial charge in [0.1, 0.15) is 6.21 Å². The quantitative estimate of drug-likeness (QED) is 0.614. The molecule has 1 aromatic rings. The maximum Gasteiger partial charge on any atom is 0.267 e. The third-order valence-electron chi connectivity index (χ3n) is 1.47. The van der Waals surface area contributed by atoms with E-state index in [0.29, 0.717) is 0 Å². The fourth-order valence-electron chi connectivity index (χ4n) is 0.946. The van der Waals surface area contributed by atoms with Gasteiger partial charge in [0.15, 0.2) is 0 Å². The standard InChI is InChI=1S/C8H6N2OS/c11-8-5-9-12-7-4-2-1-3-6(7)10-8/h1-5H,(H,10,11). The van der Waals surface area contributed by atoms with E-state index >= 15 is 0 Å². The number of fused-ring (bicyclic) bond motifs is 1. The topological polar surface area (TPSA) is 41.5 Å². The van der Waals surface area contributed by atoms with E-state index in [-0.39, 0.29) is 5.91 Å². The lowest BCUT2D eigenvalue weighted by atomic mass is 10.3. The molecule has 0 aliphatic carbocycles. The number of rotatable bonds is 0. The second-order valence-corrected chi connectivity index (χ2v) is 3.14. The van der Waals surface area contributed by atoms with Crippen molar-refractivity contribution in [3.8, 4) is 0 Å². The van der Waals surface area contributed by atoms with Gasteiger partial charge < -0.3 is 5.32 Å². The van der Waals surface area contributed by atoms with Crippen molar-refractivity contribution in [2.24, 2.45) is 4.40 Å². The fourth-order valence-corrected chi connectivity index (χ4v) is 1.56. The van der Waals surface area contributed by atoms with Gasteiger partial charge in [-0.25, -0.2) is 4.40 Å². The molecule has 12 heavy (non-hydrogen) atoms. The van der Waals surface area contributed by atoms with Crippen LogP contribution in [0.2, 0.25) is 0 Å². The van der Waals surface area contributed by atoms with E-state index < -0.39 is 0 Å². The fraction of sp³-hybridized carbons (Fsp3) is 0. The van der Waals surface area contributed by atoms with Crippen molar-refractivity contribution in [2.45, 2.75) is 4.90 Å². The molecule has 0 radical (unpaired) electrons. The van der Waals surface area contributed by atoms with E-state index in [9.17, 15) is 4.79 Å². The smallest absolute Gasteiger partial charge is 0.267 e. The predicted molar refractivity (Wildman–Crippen MR) is 49.4 cm³/mol. The van der Waals surface area contributed by atoms with Crippen LogP contribution in [0, 0.1) is 0 Å². The Morgan fingerprint density at radius 1 is 1.33 bits per heavy atom. The summed E-state index contributed by atoms with van der Waals surface area (Å²) in [6, 6.07) is 7.57. The van der Waals surface area contributed by atoms with Gasteiger partial charge >= 0.3 is 0 Å². The van der Waals surface area contributed by atoms with Crippen molar-refractivity contribution >= 4 is 29.8 Å². The van der Waals surface area contributed by atoms with Crippen LogP contribution in [0.15, 0.2) is 33.6 Å². The van der Waals surface area contributed by atoms with Gasteiger partial charge in [-0.2, -0.15) is 0 Å². The van der Waals surface area contributed by atoms with Crippen molar-refractivity contribution < 1.29 is 4.79 Å². The first-order chi connectivity index (χ1) is 5.86. The molecule has 1 aromatic carbocycles. The van der Waals surface area contributed by atoms with E-state index in [1.54, 1.807) is 0 Å². The van der Waals surface area contributed by atoms with Crippen LogP contribution in [0.4, 0.5) is 5.69 Å². The van der Waals surface area contributed by atoms with Crippen molar-refractivity contribution in [2.75, 3.05) is 5.32 Å². The van der Waals surface area contributed by atoms with E-state index in [0.717, 1.165) is 10.6 Å². The SMILES string of the molecule is O=C1C=NSc2ccccc2N1. The summed E-state index contributed by atoms with van der Waals surface area (Å²) < 4.78 is 3.87. The lowest BCUT2D eigenvalue weighted by Gasteiger charge is -2.02. The highest BCUT2D eigenvalue weighted by Gasteiger charge is 2.07. The number of nitrogens with zero attached hydrogens (tertiary/aromatic N) is 1. The molecular formula is C8H6N2OS. The van der Waals surface area contributed by atoms with Gasteiger partial charge in [-0.15, -0.1) is 0 Å². The van der Waals surface area contributed by atoms with Crippen LogP contribution in [0.3, 0.4) is 0 Å². The first kappa shape index (κ1) is 7.36. The summed E-state index contributed by atoms with van der Waals surface area (Å²) in [7, 11) is 0. The molecule has 0 fully saturated rings. The van der Waals surface area contributed by atoms with Crippen LogP contribution in [0.25, 0.3) is 0 Å². The Morgan fingerprint density at radius 2 is 2.17 bits per heavy atom. The minimum absolute atomic E-state index is 0.174. The zero-order chi connectivity index (χ0) is 8.39. The molecule has 0 saturated carbocycles. The normalized spacial score (nSPS) is 14.8. The van der Waals surface area contributed by atoms with Crippen LogP contribution in [0.5, 0.6) is 0 Å². The third kappa shape index (κ3) is 1.33. The number of anilines is 1. The molecule has 0 atom stereocenters. The van der Waals surface area contributed by atoms with Gasteiger partial charge in [0.25, 0.3) is 5.91 Å². The average molecular weight is 178 g/mol. The molecule has 4 heteroatoms. The zero-order valence-corrected chi connectivity index (χ0v) is 6.97. The molecule has 0 spiro atoms. The van der Waals surface area contributed by atoms with Crippen LogP contribution >= 0.6 is 11.9 Å². The lowest BCUT2D eigenvalue weighted by Crippen LogP contribution is -2.11. The Labute approximate surface area is 74.0 Å². The van der Waals surface area contributed by atoms with Gasteiger partial charge in [-0.05, 0) is 12.1 Å². The summed E-state index contributed by atoms with van der Waals surface area (Å²) in [5.41, 5.74) is 0.824. The number of para-hydroxylation sites is 1. The Balaban J connectivity index is 2.44. The lowest BCUT2D eigenvalue weighted by molar-refractivity contribution is -0.109. The maximum atomic E-state index is 11.0. The highest BCUT2D eigenvalue weighted by atomic mass is 32.2. The number of amides is 1. The number of benzene rings is 1. The summed E-state index contributed by atoms with van der Waals surface area (Å²) in [6.07, 6.45) is 1.28. The van der Waals surface area contributed by atoms with Crippen LogP contribution < -0.4 is 5.32 Å². The first-order valence-corrected chi connectivity index (χ1v) is 4.24. The molecule has 0 aromatic heterocycles. The number of hydrogen-bond donors (Lipinski definition) is 1. The van der Waals surface area contributed by atoms with Gasteiger partial charge in [-0.3, -0.25) is 4.79 Å². The molecule has 0 bridgehead atoms. The summed E-state index contributed by atoms with van der Waals surface area (Å²) in [4.78, 5) is 11.9. The second kappa shape index (κ2) is 2.98. The molecule has 1 aliphatic rings. The molecule has 1 heterocycles. The second-order valence-electron chi connectivity index (χ2n) is 2.31. The van der Waals surface area contributed by atoms with Gasteiger partial charge in [-0.1, -0.05) is 12.1 Å². The van der Waals surface area contributed by atoms with Crippen molar-refractivity contribution in [1.82, 2.24) is 0 Å². The monoisotopic (exact) mass is 178 g/mol. The summed E-state index contributed by atoms with van der Waals surface area (Å²) in [5.74, 6) is -0.174. The van der Waals surface area contributed by atoms with Crippen molar-refractivity contribution in [3.05, 3.63) is 24.3 Å². The number of nitrogens with one attached hydrogen (secondary N) is 1. The van der Waals surface area contributed by atoms with E-state index in [4.69, 9.17) is 0 Å². The highest BCUT2D eigenvalue weighted by Crippen LogP contribution is 2.28. The minimum atomic E-state index is -0.174. The first-order valence-electron chi connectivity index (χ1n) is 3.47. The van der Waals surface area contributed by atoms with Gasteiger partial charge in [0, 0.05) is 11.9 Å². The average Bonchev–Trinajstić information content (AvgIpc) is 2.25. The number of hydrogen-bond acceptors (Lipinski definition) is 3. The van der Waals surface area contributed by atoms with Crippen molar-refractivity contribution in [1.29, 1.82) is 0 Å². The Hall–Kier alpha value is -1.29. The molecule has 0 unspecified atom stereocenters. The minimum Gasteiger partial charge on any atom is -0.320 e. The Kier molecular flexibility index (Phi) is 1.83. The molecule has 1 amide bonds. The molecule has 1 N–H and O–H groups in total. The predicted octanol–water partition coefficient (Wildman–Crippen LogP) is 1.72. The van der Waals surface area contributed by atoms with E-state index in [1.165, 1.54) is 18.2 Å². The molecule has 0 saturated heterocycles. The highest BCUT2D eigenvalue weighted by molar-refractivity contribution is 7.98.